The predicted octanol–water partition coefficient (Wildman–Crippen LogP) is 5.40. The van der Waals surface area contributed by atoms with E-state index in [0.717, 1.165) is 28.8 Å². The fraction of sp³-hybridized carbons (Fsp3) is 0.750. The van der Waals surface area contributed by atoms with Gasteiger partial charge >= 0.3 is 0 Å². The van der Waals surface area contributed by atoms with Crippen molar-refractivity contribution in [2.75, 3.05) is 6.61 Å². The summed E-state index contributed by atoms with van der Waals surface area (Å²) in [5, 5.41) is 0. The molecule has 1 aromatic heterocycles. The highest BCUT2D eigenvalue weighted by molar-refractivity contribution is 9.10. The molecule has 0 spiro atoms. The normalized spacial score (nSPS) is 18.7. The number of ether oxygens (including phenoxy) is 1. The first-order valence-electron chi connectivity index (χ1n) is 7.75. The van der Waals surface area contributed by atoms with E-state index >= 15 is 0 Å². The van der Waals surface area contributed by atoms with Gasteiger partial charge in [0, 0.05) is 17.7 Å². The van der Waals surface area contributed by atoms with Crippen LogP contribution in [0.15, 0.2) is 4.47 Å². The lowest BCUT2D eigenvalue weighted by atomic mass is 9.83. The molecule has 1 aliphatic rings. The summed E-state index contributed by atoms with van der Waals surface area (Å²) in [5.41, 5.74) is 0.787. The largest absolute Gasteiger partial charge is 0.367 e. The van der Waals surface area contributed by atoms with E-state index in [0.29, 0.717) is 11.2 Å². The Morgan fingerprint density at radius 1 is 1.29 bits per heavy atom. The number of nitrogens with one attached hydrogen (secondary N) is 1. The highest BCUT2D eigenvalue weighted by atomic mass is 79.9. The fourth-order valence-electron chi connectivity index (χ4n) is 3.04. The second kappa shape index (κ2) is 6.47. The van der Waals surface area contributed by atoms with E-state index in [1.165, 1.54) is 19.3 Å². The first kappa shape index (κ1) is 17.1. The molecule has 0 bridgehead atoms. The summed E-state index contributed by atoms with van der Waals surface area (Å²) in [4.78, 5) is 8.19. The van der Waals surface area contributed by atoms with Gasteiger partial charge in [-0.2, -0.15) is 0 Å². The van der Waals surface area contributed by atoms with Gasteiger partial charge in [-0.05, 0) is 35.7 Å². The van der Waals surface area contributed by atoms with Gasteiger partial charge in [0.2, 0.25) is 0 Å². The number of halogens is 1. The first-order chi connectivity index (χ1) is 9.80. The topological polar surface area (TPSA) is 37.9 Å². The van der Waals surface area contributed by atoms with Crippen LogP contribution >= 0.6 is 28.1 Å². The first-order valence-corrected chi connectivity index (χ1v) is 8.95. The number of nitrogens with zero attached hydrogens (tertiary/aromatic N) is 1. The summed E-state index contributed by atoms with van der Waals surface area (Å²) in [5.74, 6) is 0.905. The van der Waals surface area contributed by atoms with Crippen LogP contribution in [0.3, 0.4) is 0 Å². The maximum Gasteiger partial charge on any atom is 0.144 e. The molecule has 1 fully saturated rings. The van der Waals surface area contributed by atoms with E-state index in [2.05, 4.69) is 53.6 Å². The van der Waals surface area contributed by atoms with Crippen molar-refractivity contribution >= 4 is 28.1 Å². The molecule has 3 nitrogen and oxygen atoms in total. The predicted molar refractivity (Wildman–Crippen MR) is 92.2 cm³/mol. The molecule has 0 atom stereocenters. The third-order valence-electron chi connectivity index (χ3n) is 4.13. The van der Waals surface area contributed by atoms with Crippen LogP contribution in [0.25, 0.3) is 0 Å². The van der Waals surface area contributed by atoms with Crippen molar-refractivity contribution < 1.29 is 4.74 Å². The standard InChI is InChI=1S/C16H25BrN2OS/c1-5-20-16(9-7-6-8-10-16)14-18-12(15(2,3)4)11(17)13(21)19-14/h5-10H2,1-4H3,(H,18,19,21). The molecule has 0 amide bonds. The Balaban J connectivity index is 2.56. The van der Waals surface area contributed by atoms with E-state index in [1.54, 1.807) is 0 Å². The molecule has 0 aliphatic heterocycles. The minimum atomic E-state index is -0.290. The summed E-state index contributed by atoms with van der Waals surface area (Å²) >= 11 is 9.06. The smallest absolute Gasteiger partial charge is 0.144 e. The minimum Gasteiger partial charge on any atom is -0.367 e. The summed E-state index contributed by atoms with van der Waals surface area (Å²) in [6.45, 7) is 9.28. The lowest BCUT2D eigenvalue weighted by molar-refractivity contribution is -0.0770. The maximum absolute atomic E-state index is 6.16. The van der Waals surface area contributed by atoms with Crippen molar-refractivity contribution in [1.29, 1.82) is 0 Å². The molecule has 1 heterocycles. The molecular weight excluding hydrogens is 348 g/mol. The molecule has 1 N–H and O–H groups in total. The van der Waals surface area contributed by atoms with Crippen molar-refractivity contribution in [2.24, 2.45) is 0 Å². The molecule has 0 unspecified atom stereocenters. The molecule has 1 saturated carbocycles. The number of hydrogen-bond acceptors (Lipinski definition) is 3. The summed E-state index contributed by atoms with van der Waals surface area (Å²) in [6, 6.07) is 0. The zero-order chi connectivity index (χ0) is 15.7. The van der Waals surface area contributed by atoms with Gasteiger partial charge in [0.25, 0.3) is 0 Å². The summed E-state index contributed by atoms with van der Waals surface area (Å²) in [7, 11) is 0. The van der Waals surface area contributed by atoms with Gasteiger partial charge in [-0.25, -0.2) is 4.98 Å². The highest BCUT2D eigenvalue weighted by Gasteiger charge is 2.38. The van der Waals surface area contributed by atoms with Crippen LogP contribution < -0.4 is 0 Å². The van der Waals surface area contributed by atoms with Gasteiger partial charge < -0.3 is 9.72 Å². The Morgan fingerprint density at radius 3 is 2.43 bits per heavy atom. The van der Waals surface area contributed by atoms with E-state index in [1.807, 2.05) is 0 Å². The molecular formula is C16H25BrN2OS. The average Bonchev–Trinajstić information content (AvgIpc) is 2.41. The number of H-pyrrole nitrogens is 1. The van der Waals surface area contributed by atoms with Crippen molar-refractivity contribution in [3.63, 3.8) is 0 Å². The number of rotatable bonds is 3. The van der Waals surface area contributed by atoms with Crippen LogP contribution in [0, 0.1) is 4.64 Å². The van der Waals surface area contributed by atoms with E-state index < -0.39 is 0 Å². The molecule has 118 valence electrons. The van der Waals surface area contributed by atoms with Gasteiger partial charge in [-0.15, -0.1) is 0 Å². The monoisotopic (exact) mass is 372 g/mol. The van der Waals surface area contributed by atoms with Gasteiger partial charge in [0.1, 0.15) is 16.1 Å². The summed E-state index contributed by atoms with van der Waals surface area (Å²) < 4.78 is 7.69. The van der Waals surface area contributed by atoms with Crippen molar-refractivity contribution in [2.45, 2.75) is 70.8 Å². The molecule has 2 rings (SSSR count). The molecule has 1 aliphatic carbocycles. The zero-order valence-corrected chi connectivity index (χ0v) is 15.8. The molecule has 0 saturated heterocycles. The lowest BCUT2D eigenvalue weighted by Gasteiger charge is -2.37. The van der Waals surface area contributed by atoms with Crippen molar-refractivity contribution in [3.8, 4) is 0 Å². The third-order valence-corrected chi connectivity index (χ3v) is 5.46. The summed E-state index contributed by atoms with van der Waals surface area (Å²) in [6.07, 6.45) is 5.68. The van der Waals surface area contributed by atoms with Crippen molar-refractivity contribution in [3.05, 3.63) is 20.6 Å². The molecule has 0 aromatic carbocycles. The van der Waals surface area contributed by atoms with E-state index in [9.17, 15) is 0 Å². The van der Waals surface area contributed by atoms with Gasteiger partial charge in [0.15, 0.2) is 0 Å². The van der Waals surface area contributed by atoms with Crippen LogP contribution in [-0.2, 0) is 15.8 Å². The van der Waals surface area contributed by atoms with E-state index in [4.69, 9.17) is 17.0 Å². The Labute approximate surface area is 141 Å². The van der Waals surface area contributed by atoms with Crippen LogP contribution in [0.4, 0.5) is 0 Å². The van der Waals surface area contributed by atoms with Crippen LogP contribution in [0.5, 0.6) is 0 Å². The fourth-order valence-corrected chi connectivity index (χ4v) is 4.02. The molecule has 5 heteroatoms. The van der Waals surface area contributed by atoms with Crippen LogP contribution in [0.1, 0.15) is 71.3 Å². The Bertz CT molecular complexity index is 551. The van der Waals surface area contributed by atoms with Gasteiger partial charge in [-0.1, -0.05) is 52.3 Å². The zero-order valence-electron chi connectivity index (χ0n) is 13.4. The second-order valence-corrected chi connectivity index (χ2v) is 8.00. The van der Waals surface area contributed by atoms with E-state index in [-0.39, 0.29) is 11.0 Å². The molecule has 21 heavy (non-hydrogen) atoms. The quantitative estimate of drug-likeness (QED) is 0.722. The Morgan fingerprint density at radius 2 is 1.90 bits per heavy atom. The van der Waals surface area contributed by atoms with Gasteiger partial charge in [0.05, 0.1) is 4.47 Å². The number of hydrogen-bond donors (Lipinski definition) is 1. The van der Waals surface area contributed by atoms with Crippen LogP contribution in [-0.4, -0.2) is 16.6 Å². The maximum atomic E-state index is 6.16. The van der Waals surface area contributed by atoms with Gasteiger partial charge in [-0.3, -0.25) is 0 Å². The van der Waals surface area contributed by atoms with Crippen molar-refractivity contribution in [1.82, 2.24) is 9.97 Å². The third kappa shape index (κ3) is 3.57. The number of aromatic amines is 1. The highest BCUT2D eigenvalue weighted by Crippen LogP contribution is 2.40. The SMILES string of the molecule is CCOC1(c2nc(=S)c(Br)c(C(C)(C)C)[nH]2)CCCCC1. The molecule has 0 radical (unpaired) electrons. The average molecular weight is 373 g/mol. The minimum absolute atomic E-state index is 0.0217. The lowest BCUT2D eigenvalue weighted by Crippen LogP contribution is -2.35. The number of aromatic nitrogens is 2. The second-order valence-electron chi connectivity index (χ2n) is 6.82. The molecule has 1 aromatic rings. The van der Waals surface area contributed by atoms with Crippen LogP contribution in [0.2, 0.25) is 0 Å². The Hall–Kier alpha value is -0.260. The Kier molecular flexibility index (Phi) is 5.27.